The van der Waals surface area contributed by atoms with Gasteiger partial charge >= 0.3 is 5.97 Å². The van der Waals surface area contributed by atoms with Crippen LogP contribution in [0.1, 0.15) is 27.0 Å². The molecule has 0 unspecified atom stereocenters. The van der Waals surface area contributed by atoms with Crippen LogP contribution in [0.4, 0.5) is 5.69 Å². The number of benzene rings is 3. The Hall–Kier alpha value is -3.44. The first kappa shape index (κ1) is 18.9. The predicted molar refractivity (Wildman–Crippen MR) is 113 cm³/mol. The molecule has 0 saturated carbocycles. The zero-order chi connectivity index (χ0) is 20.4. The molecule has 0 radical (unpaired) electrons. The second-order valence-corrected chi connectivity index (χ2v) is 7.08. The number of carbonyl (C=O) groups is 2. The minimum Gasteiger partial charge on any atom is -0.426 e. The van der Waals surface area contributed by atoms with Gasteiger partial charge in [-0.3, -0.25) is 4.79 Å². The first-order chi connectivity index (χ1) is 14.0. The third kappa shape index (κ3) is 4.05. The Morgan fingerprint density at radius 1 is 1.03 bits per heavy atom. The van der Waals surface area contributed by atoms with Crippen molar-refractivity contribution in [3.05, 3.63) is 100 Å². The van der Waals surface area contributed by atoms with Crippen LogP contribution in [0, 0.1) is 6.92 Å². The molecule has 0 fully saturated rings. The lowest BCUT2D eigenvalue weighted by Crippen LogP contribution is -2.30. The zero-order valence-corrected chi connectivity index (χ0v) is 16.3. The number of ether oxygens (including phenoxy) is 1. The maximum absolute atomic E-state index is 12.7. The summed E-state index contributed by atoms with van der Waals surface area (Å²) in [6.45, 7) is 1.97. The van der Waals surface area contributed by atoms with Crippen molar-refractivity contribution in [3.63, 3.8) is 0 Å². The number of anilines is 1. The lowest BCUT2D eigenvalue weighted by molar-refractivity contribution is -0.124. The molecular formula is C23H17ClN2O3. The molecule has 1 aliphatic rings. The maximum atomic E-state index is 12.7. The van der Waals surface area contributed by atoms with Gasteiger partial charge in [0.2, 0.25) is 0 Å². The van der Waals surface area contributed by atoms with E-state index in [-0.39, 0.29) is 5.56 Å². The van der Waals surface area contributed by atoms with Gasteiger partial charge in [-0.25, -0.2) is 9.79 Å². The van der Waals surface area contributed by atoms with Gasteiger partial charge in [-0.15, -0.1) is 0 Å². The van der Waals surface area contributed by atoms with E-state index in [2.05, 4.69) is 10.3 Å². The summed E-state index contributed by atoms with van der Waals surface area (Å²) in [6.07, 6.45) is -1.32. The summed E-state index contributed by atoms with van der Waals surface area (Å²) in [5.74, 6) is -1.16. The largest absolute Gasteiger partial charge is 0.426 e. The van der Waals surface area contributed by atoms with Gasteiger partial charge in [0, 0.05) is 16.1 Å². The molecule has 4 rings (SSSR count). The van der Waals surface area contributed by atoms with Crippen LogP contribution in [0.2, 0.25) is 5.02 Å². The van der Waals surface area contributed by atoms with Crippen LogP contribution >= 0.6 is 11.6 Å². The third-order valence-corrected chi connectivity index (χ3v) is 4.76. The Kier molecular flexibility index (Phi) is 5.14. The van der Waals surface area contributed by atoms with Crippen molar-refractivity contribution in [2.24, 2.45) is 4.99 Å². The van der Waals surface area contributed by atoms with E-state index in [1.165, 1.54) is 0 Å². The van der Waals surface area contributed by atoms with Gasteiger partial charge in [-0.1, -0.05) is 53.6 Å². The zero-order valence-electron chi connectivity index (χ0n) is 15.6. The quantitative estimate of drug-likeness (QED) is 0.647. The van der Waals surface area contributed by atoms with Gasteiger partial charge < -0.3 is 10.1 Å². The topological polar surface area (TPSA) is 67.8 Å². The molecule has 1 heterocycles. The van der Waals surface area contributed by atoms with Gasteiger partial charge in [0.25, 0.3) is 12.1 Å². The number of carbonyl (C=O) groups excluding carboxylic acids is 2. The number of aryl methyl sites for hydroxylation is 1. The third-order valence-electron chi connectivity index (χ3n) is 4.50. The molecule has 0 spiro atoms. The number of fused-ring (bicyclic) bond motifs is 1. The Labute approximate surface area is 173 Å². The first-order valence-electron chi connectivity index (χ1n) is 9.03. The van der Waals surface area contributed by atoms with Gasteiger partial charge in [-0.05, 0) is 43.3 Å². The fraction of sp³-hybridized carbons (Fsp3) is 0.0870. The molecule has 29 heavy (non-hydrogen) atoms. The average Bonchev–Trinajstić information content (AvgIpc) is 2.86. The van der Waals surface area contributed by atoms with E-state index in [9.17, 15) is 9.59 Å². The highest BCUT2D eigenvalue weighted by Crippen LogP contribution is 2.26. The highest BCUT2D eigenvalue weighted by atomic mass is 35.5. The molecule has 0 saturated heterocycles. The molecule has 144 valence electrons. The van der Waals surface area contributed by atoms with Crippen molar-refractivity contribution in [2.45, 2.75) is 13.2 Å². The minimum atomic E-state index is -1.32. The Morgan fingerprint density at radius 3 is 2.48 bits per heavy atom. The number of amides is 1. The summed E-state index contributed by atoms with van der Waals surface area (Å²) < 4.78 is 5.44. The highest BCUT2D eigenvalue weighted by Gasteiger charge is 2.29. The molecule has 1 N–H and O–H groups in total. The number of aliphatic imine (C=N–C) groups is 1. The molecule has 5 nitrogen and oxygen atoms in total. The van der Waals surface area contributed by atoms with Gasteiger partial charge in [0.1, 0.15) is 0 Å². The highest BCUT2D eigenvalue weighted by molar-refractivity contribution is 6.30. The van der Waals surface area contributed by atoms with Crippen LogP contribution in [0.15, 0.2) is 77.8 Å². The van der Waals surface area contributed by atoms with Gasteiger partial charge in [0.05, 0.1) is 17.0 Å². The molecule has 3 aromatic rings. The number of halogens is 1. The van der Waals surface area contributed by atoms with Crippen LogP contribution < -0.4 is 5.32 Å². The number of benzodiazepines with no additional fused rings is 1. The van der Waals surface area contributed by atoms with E-state index in [0.29, 0.717) is 16.4 Å². The summed E-state index contributed by atoms with van der Waals surface area (Å²) in [6, 6.07) is 21.4. The van der Waals surface area contributed by atoms with Crippen LogP contribution in [0.5, 0.6) is 0 Å². The van der Waals surface area contributed by atoms with Crippen molar-refractivity contribution in [2.75, 3.05) is 5.32 Å². The van der Waals surface area contributed by atoms with Gasteiger partial charge in [-0.2, -0.15) is 0 Å². The van der Waals surface area contributed by atoms with Crippen molar-refractivity contribution in [3.8, 4) is 0 Å². The SMILES string of the molecule is Cc1ccc2c(c1)C(c1ccccc1)=N[C@@H](OC(=O)c1ccc(Cl)cc1)C(=O)N2. The monoisotopic (exact) mass is 404 g/mol. The van der Waals surface area contributed by atoms with Crippen LogP contribution in [-0.2, 0) is 9.53 Å². The maximum Gasteiger partial charge on any atom is 0.340 e. The number of hydrogen-bond acceptors (Lipinski definition) is 4. The summed E-state index contributed by atoms with van der Waals surface area (Å²) >= 11 is 5.87. The van der Waals surface area contributed by atoms with E-state index in [1.807, 2.05) is 55.5 Å². The Bertz CT molecular complexity index is 1110. The van der Waals surface area contributed by atoms with Crippen molar-refractivity contribution in [1.82, 2.24) is 0 Å². The van der Waals surface area contributed by atoms with E-state index in [4.69, 9.17) is 16.3 Å². The molecule has 1 aliphatic heterocycles. The number of hydrogen-bond donors (Lipinski definition) is 1. The van der Waals surface area contributed by atoms with Crippen LogP contribution in [-0.4, -0.2) is 23.8 Å². The smallest absolute Gasteiger partial charge is 0.340 e. The summed E-state index contributed by atoms with van der Waals surface area (Å²) in [7, 11) is 0. The molecule has 0 aromatic heterocycles. The lowest BCUT2D eigenvalue weighted by atomic mass is 9.99. The minimum absolute atomic E-state index is 0.288. The van der Waals surface area contributed by atoms with Crippen molar-refractivity contribution >= 4 is 34.9 Å². The summed E-state index contributed by atoms with van der Waals surface area (Å²) in [5, 5.41) is 3.32. The fourth-order valence-corrected chi connectivity index (χ4v) is 3.19. The standard InChI is InChI=1S/C23H17ClN2O3/c1-14-7-12-19-18(13-14)20(15-5-3-2-4-6-15)26-22(21(27)25-19)29-23(28)16-8-10-17(24)11-9-16/h2-13,22H,1H3,(H,25,27)/t22-/m0/s1. The number of esters is 1. The Morgan fingerprint density at radius 2 is 1.76 bits per heavy atom. The normalized spacial score (nSPS) is 15.6. The van der Waals surface area contributed by atoms with E-state index in [1.54, 1.807) is 24.3 Å². The summed E-state index contributed by atoms with van der Waals surface area (Å²) in [5.41, 5.74) is 4.11. The first-order valence-corrected chi connectivity index (χ1v) is 9.41. The number of nitrogens with zero attached hydrogens (tertiary/aromatic N) is 1. The molecule has 1 amide bonds. The number of nitrogens with one attached hydrogen (secondary N) is 1. The van der Waals surface area contributed by atoms with Crippen molar-refractivity contribution < 1.29 is 14.3 Å². The average molecular weight is 405 g/mol. The van der Waals surface area contributed by atoms with Gasteiger partial charge in [0.15, 0.2) is 0 Å². The molecular weight excluding hydrogens is 388 g/mol. The second-order valence-electron chi connectivity index (χ2n) is 6.65. The Balaban J connectivity index is 1.75. The van der Waals surface area contributed by atoms with E-state index < -0.39 is 18.1 Å². The van der Waals surface area contributed by atoms with Crippen LogP contribution in [0.25, 0.3) is 0 Å². The number of rotatable bonds is 3. The molecule has 0 aliphatic carbocycles. The lowest BCUT2D eigenvalue weighted by Gasteiger charge is -2.12. The predicted octanol–water partition coefficient (Wildman–Crippen LogP) is 4.62. The summed E-state index contributed by atoms with van der Waals surface area (Å²) in [4.78, 5) is 29.8. The van der Waals surface area contributed by atoms with Crippen LogP contribution in [0.3, 0.4) is 0 Å². The van der Waals surface area contributed by atoms with Crippen molar-refractivity contribution in [1.29, 1.82) is 0 Å². The molecule has 3 aromatic carbocycles. The fourth-order valence-electron chi connectivity index (χ4n) is 3.06. The molecule has 0 bridgehead atoms. The molecule has 6 heteroatoms. The van der Waals surface area contributed by atoms with E-state index >= 15 is 0 Å². The van der Waals surface area contributed by atoms with E-state index in [0.717, 1.165) is 16.7 Å². The second kappa shape index (κ2) is 7.89. The molecule has 1 atom stereocenters.